The molecule has 4 heteroatoms. The zero-order valence-corrected chi connectivity index (χ0v) is 12.3. The van der Waals surface area contributed by atoms with Crippen LogP contribution in [-0.4, -0.2) is 34.3 Å². The maximum atomic E-state index is 10.8. The first-order valence-corrected chi connectivity index (χ1v) is 8.74. The van der Waals surface area contributed by atoms with Crippen LogP contribution in [0.1, 0.15) is 57.8 Å². The Kier molecular flexibility index (Phi) is 3.82. The van der Waals surface area contributed by atoms with Gasteiger partial charge in [0.15, 0.2) is 0 Å². The van der Waals surface area contributed by atoms with Crippen molar-refractivity contribution >= 4 is 17.7 Å². The van der Waals surface area contributed by atoms with Gasteiger partial charge in [0.2, 0.25) is 0 Å². The normalized spacial score (nSPS) is 30.8. The average molecular weight is 284 g/mol. The van der Waals surface area contributed by atoms with E-state index in [2.05, 4.69) is 0 Å². The summed E-state index contributed by atoms with van der Waals surface area (Å²) < 4.78 is 6.29. The van der Waals surface area contributed by atoms with E-state index in [1.54, 1.807) is 0 Å². The van der Waals surface area contributed by atoms with Crippen molar-refractivity contribution in [2.75, 3.05) is 11.5 Å². The second kappa shape index (κ2) is 5.28. The van der Waals surface area contributed by atoms with Gasteiger partial charge in [-0.25, -0.2) is 0 Å². The molecule has 1 heterocycles. The maximum absolute atomic E-state index is 10.8. The Labute approximate surface area is 119 Å². The van der Waals surface area contributed by atoms with Crippen LogP contribution in [0.25, 0.3) is 0 Å². The Bertz CT molecular complexity index is 345. The summed E-state index contributed by atoms with van der Waals surface area (Å²) in [6, 6.07) is 0. The van der Waals surface area contributed by atoms with Crippen LogP contribution in [0.3, 0.4) is 0 Å². The summed E-state index contributed by atoms with van der Waals surface area (Å²) in [5.74, 6) is 1.43. The lowest BCUT2D eigenvalue weighted by Crippen LogP contribution is -2.25. The van der Waals surface area contributed by atoms with Crippen molar-refractivity contribution in [2.24, 2.45) is 5.41 Å². The van der Waals surface area contributed by atoms with Crippen LogP contribution in [0.15, 0.2) is 0 Å². The van der Waals surface area contributed by atoms with E-state index in [-0.39, 0.29) is 11.0 Å². The molecule has 3 fully saturated rings. The number of rotatable bonds is 6. The molecule has 3 nitrogen and oxygen atoms in total. The second-order valence-electron chi connectivity index (χ2n) is 6.75. The van der Waals surface area contributed by atoms with E-state index < -0.39 is 5.97 Å². The van der Waals surface area contributed by atoms with Gasteiger partial charge in [-0.05, 0) is 49.7 Å². The molecular weight excluding hydrogens is 260 g/mol. The summed E-state index contributed by atoms with van der Waals surface area (Å²) in [4.78, 5) is 10.8. The molecule has 1 unspecified atom stereocenters. The third-order valence-electron chi connectivity index (χ3n) is 5.05. The van der Waals surface area contributed by atoms with Crippen molar-refractivity contribution in [3.05, 3.63) is 0 Å². The van der Waals surface area contributed by atoms with Gasteiger partial charge in [-0.1, -0.05) is 12.8 Å². The number of ether oxygens (including phenoxy) is 1. The number of hydrogen-bond acceptors (Lipinski definition) is 3. The Morgan fingerprint density at radius 1 is 1.21 bits per heavy atom. The summed E-state index contributed by atoms with van der Waals surface area (Å²) in [7, 11) is 0. The van der Waals surface area contributed by atoms with E-state index >= 15 is 0 Å². The zero-order valence-electron chi connectivity index (χ0n) is 11.5. The fourth-order valence-electron chi connectivity index (χ4n) is 3.68. The number of aliphatic carboxylic acids is 1. The highest BCUT2D eigenvalue weighted by atomic mass is 32.2. The standard InChI is InChI=1S/C15H24O3S/c16-13(17)9-14(7-8-14)11-19-10-12-3-6-15(18-12)4-1-2-5-15/h12H,1-11H2,(H,16,17). The molecule has 1 saturated heterocycles. The molecule has 3 rings (SSSR count). The largest absolute Gasteiger partial charge is 0.481 e. The van der Waals surface area contributed by atoms with E-state index in [0.29, 0.717) is 12.5 Å². The number of thioether (sulfide) groups is 1. The van der Waals surface area contributed by atoms with Crippen molar-refractivity contribution in [3.63, 3.8) is 0 Å². The fraction of sp³-hybridized carbons (Fsp3) is 0.933. The van der Waals surface area contributed by atoms with Gasteiger partial charge >= 0.3 is 5.97 Å². The van der Waals surface area contributed by atoms with Crippen molar-refractivity contribution in [3.8, 4) is 0 Å². The van der Waals surface area contributed by atoms with Crippen LogP contribution in [0, 0.1) is 5.41 Å². The predicted molar refractivity (Wildman–Crippen MR) is 76.6 cm³/mol. The molecule has 1 N–H and O–H groups in total. The first-order chi connectivity index (χ1) is 9.12. The summed E-state index contributed by atoms with van der Waals surface area (Å²) in [6.07, 6.45) is 10.6. The highest BCUT2D eigenvalue weighted by Crippen LogP contribution is 2.51. The van der Waals surface area contributed by atoms with Gasteiger partial charge in [0.25, 0.3) is 0 Å². The van der Waals surface area contributed by atoms with Crippen molar-refractivity contribution in [1.82, 2.24) is 0 Å². The average Bonchev–Trinajstić information content (AvgIpc) is 2.82. The first-order valence-electron chi connectivity index (χ1n) is 7.59. The van der Waals surface area contributed by atoms with Crippen molar-refractivity contribution < 1.29 is 14.6 Å². The Hall–Kier alpha value is -0.220. The summed E-state index contributed by atoms with van der Waals surface area (Å²) in [6.45, 7) is 0. The molecule has 1 spiro atoms. The third kappa shape index (κ3) is 3.27. The topological polar surface area (TPSA) is 46.5 Å². The molecule has 0 amide bonds. The van der Waals surface area contributed by atoms with Gasteiger partial charge in [-0.2, -0.15) is 11.8 Å². The lowest BCUT2D eigenvalue weighted by atomic mass is 9.98. The van der Waals surface area contributed by atoms with Gasteiger partial charge < -0.3 is 9.84 Å². The molecule has 0 aromatic rings. The summed E-state index contributed by atoms with van der Waals surface area (Å²) in [5.41, 5.74) is 0.365. The molecule has 0 aromatic heterocycles. The molecule has 2 aliphatic carbocycles. The Morgan fingerprint density at radius 3 is 2.58 bits per heavy atom. The van der Waals surface area contributed by atoms with Gasteiger partial charge in [0.05, 0.1) is 18.1 Å². The van der Waals surface area contributed by atoms with Crippen LogP contribution < -0.4 is 0 Å². The minimum absolute atomic E-state index is 0.125. The van der Waals surface area contributed by atoms with Gasteiger partial charge in [0.1, 0.15) is 0 Å². The number of carboxylic acid groups (broad SMARTS) is 1. The highest BCUT2D eigenvalue weighted by Gasteiger charge is 2.45. The number of carboxylic acids is 1. The van der Waals surface area contributed by atoms with E-state index in [1.165, 1.54) is 38.5 Å². The maximum Gasteiger partial charge on any atom is 0.303 e. The first kappa shape index (κ1) is 13.7. The fourth-order valence-corrected chi connectivity index (χ4v) is 5.12. The van der Waals surface area contributed by atoms with Crippen LogP contribution >= 0.6 is 11.8 Å². The molecule has 1 atom stereocenters. The summed E-state index contributed by atoms with van der Waals surface area (Å²) in [5, 5.41) is 8.91. The lowest BCUT2D eigenvalue weighted by molar-refractivity contribution is -0.138. The molecule has 0 bridgehead atoms. The molecular formula is C15H24O3S. The molecule has 0 aromatic carbocycles. The quantitative estimate of drug-likeness (QED) is 0.811. The Morgan fingerprint density at radius 2 is 1.95 bits per heavy atom. The third-order valence-corrected chi connectivity index (χ3v) is 6.47. The van der Waals surface area contributed by atoms with E-state index in [0.717, 1.165) is 24.3 Å². The van der Waals surface area contributed by atoms with Crippen LogP contribution in [0.5, 0.6) is 0 Å². The monoisotopic (exact) mass is 284 g/mol. The molecule has 19 heavy (non-hydrogen) atoms. The summed E-state index contributed by atoms with van der Waals surface area (Å²) >= 11 is 1.92. The lowest BCUT2D eigenvalue weighted by Gasteiger charge is -2.24. The van der Waals surface area contributed by atoms with Gasteiger partial charge in [-0.15, -0.1) is 0 Å². The molecule has 3 aliphatic rings. The van der Waals surface area contributed by atoms with Crippen LogP contribution in [-0.2, 0) is 9.53 Å². The van der Waals surface area contributed by atoms with E-state index in [9.17, 15) is 4.79 Å². The van der Waals surface area contributed by atoms with Crippen LogP contribution in [0.2, 0.25) is 0 Å². The Balaban J connectivity index is 1.38. The van der Waals surface area contributed by atoms with Crippen molar-refractivity contribution in [2.45, 2.75) is 69.5 Å². The minimum Gasteiger partial charge on any atom is -0.481 e. The minimum atomic E-state index is -0.639. The predicted octanol–water partition coefficient (Wildman–Crippen LogP) is 3.47. The highest BCUT2D eigenvalue weighted by molar-refractivity contribution is 7.99. The second-order valence-corrected chi connectivity index (χ2v) is 7.78. The van der Waals surface area contributed by atoms with Gasteiger partial charge in [0, 0.05) is 5.75 Å². The SMILES string of the molecule is O=C(O)CC1(CSCC2CCC3(CCCC3)O2)CC1. The van der Waals surface area contributed by atoms with E-state index in [1.807, 2.05) is 11.8 Å². The number of hydrogen-bond donors (Lipinski definition) is 1. The molecule has 0 radical (unpaired) electrons. The molecule has 2 saturated carbocycles. The molecule has 1 aliphatic heterocycles. The molecule has 108 valence electrons. The van der Waals surface area contributed by atoms with Crippen molar-refractivity contribution in [1.29, 1.82) is 0 Å². The van der Waals surface area contributed by atoms with Crippen LogP contribution in [0.4, 0.5) is 0 Å². The number of carbonyl (C=O) groups is 1. The smallest absolute Gasteiger partial charge is 0.303 e. The zero-order chi connectivity index (χ0) is 13.3. The van der Waals surface area contributed by atoms with Gasteiger partial charge in [-0.3, -0.25) is 4.79 Å². The van der Waals surface area contributed by atoms with E-state index in [4.69, 9.17) is 9.84 Å².